The van der Waals surface area contributed by atoms with E-state index in [1.165, 1.54) is 38.5 Å². The first kappa shape index (κ1) is 13.5. The normalized spacial score (nSPS) is 30.8. The molecule has 3 fully saturated rings. The lowest BCUT2D eigenvalue weighted by atomic mass is 9.88. The molecule has 3 atom stereocenters. The van der Waals surface area contributed by atoms with Crippen LogP contribution in [0.2, 0.25) is 0 Å². The van der Waals surface area contributed by atoms with Gasteiger partial charge in [0.2, 0.25) is 0 Å². The molecule has 0 aliphatic heterocycles. The number of hydrogen-bond donors (Lipinski definition) is 1. The summed E-state index contributed by atoms with van der Waals surface area (Å²) >= 11 is 0. The van der Waals surface area contributed by atoms with E-state index in [2.05, 4.69) is 39.6 Å². The molecule has 0 radical (unpaired) electrons. The molecular weight excluding hydrogens is 260 g/mol. The highest BCUT2D eigenvalue weighted by atomic mass is 15.2. The first-order valence-electron chi connectivity index (χ1n) is 8.55. The summed E-state index contributed by atoms with van der Waals surface area (Å²) < 4.78 is 0. The van der Waals surface area contributed by atoms with E-state index in [0.29, 0.717) is 0 Å². The summed E-state index contributed by atoms with van der Waals surface area (Å²) in [5.74, 6) is 3.91. The summed E-state index contributed by atoms with van der Waals surface area (Å²) in [5.41, 5.74) is 1.05. The summed E-state index contributed by atoms with van der Waals surface area (Å²) in [6, 6.07) is 4.98. The maximum Gasteiger partial charge on any atom is 0.150 e. The molecule has 3 unspecified atom stereocenters. The van der Waals surface area contributed by atoms with Crippen LogP contribution in [0.25, 0.3) is 0 Å². The Hall–Kier alpha value is -1.16. The summed E-state index contributed by atoms with van der Waals surface area (Å²) in [7, 11) is 2.16. The Bertz CT molecular complexity index is 482. The number of nitrogens with one attached hydrogen (secondary N) is 1. The van der Waals surface area contributed by atoms with Gasteiger partial charge in [0.15, 0.2) is 5.82 Å². The number of rotatable bonds is 6. The first-order valence-corrected chi connectivity index (χ1v) is 8.55. The standard InChI is InChI=1S/C17H26N4/c1-21(11-14-9-12-2-3-13(14)8-12)17-7-6-16(19-20-17)10-18-15-4-5-15/h6-7,12-15,18H,2-5,8-11H2,1H3. The molecule has 3 saturated carbocycles. The van der Waals surface area contributed by atoms with E-state index in [9.17, 15) is 0 Å². The zero-order chi connectivity index (χ0) is 14.2. The van der Waals surface area contributed by atoms with Crippen molar-refractivity contribution in [3.8, 4) is 0 Å². The van der Waals surface area contributed by atoms with E-state index in [1.54, 1.807) is 0 Å². The predicted molar refractivity (Wildman–Crippen MR) is 84.1 cm³/mol. The minimum absolute atomic E-state index is 0.729. The van der Waals surface area contributed by atoms with Gasteiger partial charge in [-0.25, -0.2) is 0 Å². The average Bonchev–Trinajstić information content (AvgIpc) is 3.11. The lowest BCUT2D eigenvalue weighted by Gasteiger charge is -2.27. The molecule has 4 nitrogen and oxygen atoms in total. The van der Waals surface area contributed by atoms with E-state index < -0.39 is 0 Å². The third-order valence-corrected chi connectivity index (χ3v) is 5.64. The second-order valence-corrected chi connectivity index (χ2v) is 7.35. The van der Waals surface area contributed by atoms with Crippen molar-refractivity contribution >= 4 is 5.82 Å². The molecule has 1 heterocycles. The first-order chi connectivity index (χ1) is 10.3. The van der Waals surface area contributed by atoms with Crippen molar-refractivity contribution in [2.24, 2.45) is 17.8 Å². The summed E-state index contributed by atoms with van der Waals surface area (Å²) in [5, 5.41) is 12.3. The van der Waals surface area contributed by atoms with Crippen molar-refractivity contribution in [3.63, 3.8) is 0 Å². The van der Waals surface area contributed by atoms with Gasteiger partial charge in [0, 0.05) is 26.2 Å². The fourth-order valence-electron chi connectivity index (χ4n) is 4.23. The molecule has 3 aliphatic carbocycles. The monoisotopic (exact) mass is 286 g/mol. The quantitative estimate of drug-likeness (QED) is 0.873. The van der Waals surface area contributed by atoms with E-state index >= 15 is 0 Å². The van der Waals surface area contributed by atoms with E-state index in [-0.39, 0.29) is 0 Å². The van der Waals surface area contributed by atoms with Gasteiger partial charge in [0.1, 0.15) is 0 Å². The largest absolute Gasteiger partial charge is 0.358 e. The van der Waals surface area contributed by atoms with Crippen molar-refractivity contribution in [1.29, 1.82) is 0 Å². The van der Waals surface area contributed by atoms with Crippen LogP contribution in [0.5, 0.6) is 0 Å². The van der Waals surface area contributed by atoms with Crippen molar-refractivity contribution in [2.75, 3.05) is 18.5 Å². The second-order valence-electron chi connectivity index (χ2n) is 7.35. The van der Waals surface area contributed by atoms with Crippen LogP contribution in [0.4, 0.5) is 5.82 Å². The fraction of sp³-hybridized carbons (Fsp3) is 0.765. The molecule has 1 aromatic rings. The van der Waals surface area contributed by atoms with Gasteiger partial charge in [-0.2, -0.15) is 5.10 Å². The molecular formula is C17H26N4. The highest BCUT2D eigenvalue weighted by molar-refractivity contribution is 5.36. The molecule has 114 valence electrons. The number of aromatic nitrogens is 2. The van der Waals surface area contributed by atoms with Crippen LogP contribution in [0.15, 0.2) is 12.1 Å². The Labute approximate surface area is 127 Å². The molecule has 21 heavy (non-hydrogen) atoms. The summed E-state index contributed by atoms with van der Waals surface area (Å²) in [6.07, 6.45) is 8.49. The average molecular weight is 286 g/mol. The molecule has 3 aliphatic rings. The highest BCUT2D eigenvalue weighted by Crippen LogP contribution is 2.48. The van der Waals surface area contributed by atoms with E-state index in [4.69, 9.17) is 0 Å². The summed E-state index contributed by atoms with van der Waals surface area (Å²) in [4.78, 5) is 2.30. The van der Waals surface area contributed by atoms with Gasteiger partial charge < -0.3 is 10.2 Å². The summed E-state index contributed by atoms with van der Waals surface area (Å²) in [6.45, 7) is 2.00. The van der Waals surface area contributed by atoms with Crippen LogP contribution >= 0.6 is 0 Å². The lowest BCUT2D eigenvalue weighted by Crippen LogP contribution is -2.29. The van der Waals surface area contributed by atoms with E-state index in [0.717, 1.165) is 48.4 Å². The zero-order valence-corrected chi connectivity index (χ0v) is 13.0. The van der Waals surface area contributed by atoms with Crippen LogP contribution in [0, 0.1) is 17.8 Å². The van der Waals surface area contributed by atoms with Crippen molar-refractivity contribution < 1.29 is 0 Å². The maximum atomic E-state index is 4.42. The minimum atomic E-state index is 0.729. The van der Waals surface area contributed by atoms with Gasteiger partial charge in [-0.15, -0.1) is 5.10 Å². The van der Waals surface area contributed by atoms with Crippen molar-refractivity contribution in [2.45, 2.75) is 51.1 Å². The number of anilines is 1. The fourth-order valence-corrected chi connectivity index (χ4v) is 4.23. The van der Waals surface area contributed by atoms with Gasteiger partial charge in [-0.1, -0.05) is 6.42 Å². The van der Waals surface area contributed by atoms with E-state index in [1.807, 2.05) is 0 Å². The van der Waals surface area contributed by atoms with Gasteiger partial charge in [-0.3, -0.25) is 0 Å². The highest BCUT2D eigenvalue weighted by Gasteiger charge is 2.39. The lowest BCUT2D eigenvalue weighted by molar-refractivity contribution is 0.337. The predicted octanol–water partition coefficient (Wildman–Crippen LogP) is 2.60. The SMILES string of the molecule is CN(CC1CC2CCC1C2)c1ccc(CNC2CC2)nn1. The molecule has 0 spiro atoms. The maximum absolute atomic E-state index is 4.42. The van der Waals surface area contributed by atoms with Crippen LogP contribution in [0.3, 0.4) is 0 Å². The smallest absolute Gasteiger partial charge is 0.150 e. The minimum Gasteiger partial charge on any atom is -0.358 e. The Morgan fingerprint density at radius 1 is 1.14 bits per heavy atom. The van der Waals surface area contributed by atoms with Gasteiger partial charge >= 0.3 is 0 Å². The zero-order valence-electron chi connectivity index (χ0n) is 13.0. The van der Waals surface area contributed by atoms with Gasteiger partial charge in [0.05, 0.1) is 5.69 Å². The van der Waals surface area contributed by atoms with Gasteiger partial charge in [0.25, 0.3) is 0 Å². The second kappa shape index (κ2) is 5.56. The molecule has 2 bridgehead atoms. The van der Waals surface area contributed by atoms with Crippen molar-refractivity contribution in [3.05, 3.63) is 17.8 Å². The van der Waals surface area contributed by atoms with Crippen molar-refractivity contribution in [1.82, 2.24) is 15.5 Å². The molecule has 1 N–H and O–H groups in total. The Morgan fingerprint density at radius 3 is 2.67 bits per heavy atom. The number of fused-ring (bicyclic) bond motifs is 2. The molecule has 1 aromatic heterocycles. The Kier molecular flexibility index (Phi) is 3.57. The molecule has 0 saturated heterocycles. The third kappa shape index (κ3) is 3.05. The van der Waals surface area contributed by atoms with Crippen LogP contribution in [-0.2, 0) is 6.54 Å². The molecule has 0 aromatic carbocycles. The number of hydrogen-bond acceptors (Lipinski definition) is 4. The van der Waals surface area contributed by atoms with Crippen LogP contribution < -0.4 is 10.2 Å². The van der Waals surface area contributed by atoms with Crippen LogP contribution in [0.1, 0.15) is 44.2 Å². The molecule has 4 rings (SSSR count). The van der Waals surface area contributed by atoms with Crippen LogP contribution in [-0.4, -0.2) is 29.8 Å². The van der Waals surface area contributed by atoms with Gasteiger partial charge in [-0.05, 0) is 62.0 Å². The number of nitrogens with zero attached hydrogens (tertiary/aromatic N) is 3. The Balaban J connectivity index is 1.32. The molecule has 4 heteroatoms. The third-order valence-electron chi connectivity index (χ3n) is 5.64. The topological polar surface area (TPSA) is 41.0 Å². The Morgan fingerprint density at radius 2 is 2.05 bits per heavy atom. The molecule has 0 amide bonds.